The molecule has 1 saturated carbocycles. The van der Waals surface area contributed by atoms with Gasteiger partial charge in [0.15, 0.2) is 11.2 Å². The molecule has 7 nitrogen and oxygen atoms in total. The smallest absolute Gasteiger partial charge is 0.310 e. The van der Waals surface area contributed by atoms with E-state index in [4.69, 9.17) is 14.2 Å². The SMILES string of the molecule is COc1ccc(C23Oc4cccc(OC)c4C2(O)C(O)C(C(=O)O)C3c2ccccc2)cc1. The first-order valence-corrected chi connectivity index (χ1v) is 10.6. The molecule has 1 heterocycles. The summed E-state index contributed by atoms with van der Waals surface area (Å²) in [5.41, 5.74) is -2.36. The Labute approximate surface area is 190 Å². The minimum atomic E-state index is -2.10. The van der Waals surface area contributed by atoms with Crippen molar-refractivity contribution < 1.29 is 34.3 Å². The summed E-state index contributed by atoms with van der Waals surface area (Å²) < 4.78 is 17.4. The number of aliphatic carboxylic acids is 1. The first kappa shape index (κ1) is 21.3. The second kappa shape index (κ2) is 7.50. The van der Waals surface area contributed by atoms with Crippen LogP contribution in [0.1, 0.15) is 22.6 Å². The molecule has 3 aromatic carbocycles. The van der Waals surface area contributed by atoms with Crippen LogP contribution in [-0.2, 0) is 16.0 Å². The van der Waals surface area contributed by atoms with Crippen LogP contribution in [0, 0.1) is 5.92 Å². The molecule has 170 valence electrons. The van der Waals surface area contributed by atoms with E-state index >= 15 is 0 Å². The zero-order valence-corrected chi connectivity index (χ0v) is 18.1. The largest absolute Gasteiger partial charge is 0.497 e. The van der Waals surface area contributed by atoms with E-state index in [2.05, 4.69) is 0 Å². The Morgan fingerprint density at radius 2 is 1.64 bits per heavy atom. The molecule has 0 saturated heterocycles. The second-order valence-corrected chi connectivity index (χ2v) is 8.36. The minimum Gasteiger partial charge on any atom is -0.497 e. The Bertz CT molecular complexity index is 1190. The lowest BCUT2D eigenvalue weighted by atomic mass is 9.70. The van der Waals surface area contributed by atoms with Gasteiger partial charge in [-0.25, -0.2) is 0 Å². The molecule has 7 heteroatoms. The first-order chi connectivity index (χ1) is 15.9. The van der Waals surface area contributed by atoms with Gasteiger partial charge in [-0.15, -0.1) is 0 Å². The quantitative estimate of drug-likeness (QED) is 0.551. The molecule has 1 aliphatic heterocycles. The lowest BCUT2D eigenvalue weighted by Gasteiger charge is -2.40. The molecule has 0 spiro atoms. The normalized spacial score (nSPS) is 29.6. The van der Waals surface area contributed by atoms with Crippen LogP contribution in [0.3, 0.4) is 0 Å². The Morgan fingerprint density at radius 3 is 2.24 bits per heavy atom. The molecule has 0 bridgehead atoms. The molecule has 3 aromatic rings. The molecule has 1 fully saturated rings. The van der Waals surface area contributed by atoms with E-state index in [0.29, 0.717) is 28.4 Å². The molecule has 0 amide bonds. The van der Waals surface area contributed by atoms with Gasteiger partial charge in [0.05, 0.1) is 25.7 Å². The van der Waals surface area contributed by atoms with Gasteiger partial charge in [-0.2, -0.15) is 0 Å². The maximum atomic E-state index is 12.5. The lowest BCUT2D eigenvalue weighted by Crippen LogP contribution is -2.52. The third-order valence-corrected chi connectivity index (χ3v) is 6.95. The van der Waals surface area contributed by atoms with Gasteiger partial charge in [0.2, 0.25) is 0 Å². The molecule has 1 aliphatic carbocycles. The van der Waals surface area contributed by atoms with Gasteiger partial charge < -0.3 is 29.5 Å². The Morgan fingerprint density at radius 1 is 0.939 bits per heavy atom. The summed E-state index contributed by atoms with van der Waals surface area (Å²) in [4.78, 5) is 12.5. The molecule has 5 unspecified atom stereocenters. The predicted octanol–water partition coefficient (Wildman–Crippen LogP) is 3.04. The van der Waals surface area contributed by atoms with Crippen LogP contribution in [0.2, 0.25) is 0 Å². The third kappa shape index (κ3) is 2.66. The van der Waals surface area contributed by atoms with Gasteiger partial charge >= 0.3 is 5.97 Å². The molecule has 0 radical (unpaired) electrons. The first-order valence-electron chi connectivity index (χ1n) is 10.6. The highest BCUT2D eigenvalue weighted by Gasteiger charge is 2.78. The number of fused-ring (bicyclic) bond motifs is 3. The summed E-state index contributed by atoms with van der Waals surface area (Å²) in [5, 5.41) is 34.1. The Kier molecular flexibility index (Phi) is 4.84. The van der Waals surface area contributed by atoms with E-state index in [-0.39, 0.29) is 5.56 Å². The third-order valence-electron chi connectivity index (χ3n) is 6.95. The highest BCUT2D eigenvalue weighted by Crippen LogP contribution is 2.69. The van der Waals surface area contributed by atoms with Crippen molar-refractivity contribution in [2.45, 2.75) is 23.2 Å². The van der Waals surface area contributed by atoms with Gasteiger partial charge in [0.1, 0.15) is 23.4 Å². The van der Waals surface area contributed by atoms with Gasteiger partial charge in [-0.3, -0.25) is 4.79 Å². The molecular weight excluding hydrogens is 424 g/mol. The molecule has 3 N–H and O–H groups in total. The van der Waals surface area contributed by atoms with Gasteiger partial charge in [0.25, 0.3) is 0 Å². The zero-order valence-electron chi connectivity index (χ0n) is 18.1. The van der Waals surface area contributed by atoms with Crippen molar-refractivity contribution in [3.05, 3.63) is 89.5 Å². The summed E-state index contributed by atoms with van der Waals surface area (Å²) in [6.45, 7) is 0. The molecular formula is C26H24O7. The Hall–Kier alpha value is -3.55. The van der Waals surface area contributed by atoms with Crippen LogP contribution in [0.5, 0.6) is 17.2 Å². The fourth-order valence-electron chi connectivity index (χ4n) is 5.62. The summed E-state index contributed by atoms with van der Waals surface area (Å²) in [6.07, 6.45) is -1.68. The molecule has 33 heavy (non-hydrogen) atoms. The Balaban J connectivity index is 1.87. The van der Waals surface area contributed by atoms with E-state index < -0.39 is 35.1 Å². The van der Waals surface area contributed by atoms with Crippen molar-refractivity contribution in [3.63, 3.8) is 0 Å². The highest BCUT2D eigenvalue weighted by atomic mass is 16.5. The topological polar surface area (TPSA) is 105 Å². The van der Waals surface area contributed by atoms with Crippen molar-refractivity contribution in [2.75, 3.05) is 14.2 Å². The van der Waals surface area contributed by atoms with Crippen molar-refractivity contribution in [1.82, 2.24) is 0 Å². The number of methoxy groups -OCH3 is 2. The van der Waals surface area contributed by atoms with Gasteiger partial charge in [-0.1, -0.05) is 48.5 Å². The van der Waals surface area contributed by atoms with Crippen molar-refractivity contribution in [3.8, 4) is 17.2 Å². The summed E-state index contributed by atoms with van der Waals surface area (Å²) in [6, 6.07) is 20.9. The number of hydrogen-bond acceptors (Lipinski definition) is 6. The fraction of sp³-hybridized carbons (Fsp3) is 0.269. The van der Waals surface area contributed by atoms with E-state index in [0.717, 1.165) is 0 Å². The highest BCUT2D eigenvalue weighted by molar-refractivity contribution is 5.76. The maximum Gasteiger partial charge on any atom is 0.310 e. The number of hydrogen-bond donors (Lipinski definition) is 3. The number of carboxylic acid groups (broad SMARTS) is 1. The minimum absolute atomic E-state index is 0.237. The van der Waals surface area contributed by atoms with E-state index in [1.807, 2.05) is 6.07 Å². The number of benzene rings is 3. The van der Waals surface area contributed by atoms with Crippen LogP contribution in [0.4, 0.5) is 0 Å². The summed E-state index contributed by atoms with van der Waals surface area (Å²) >= 11 is 0. The summed E-state index contributed by atoms with van der Waals surface area (Å²) in [5.74, 6) is -2.26. The molecule has 5 atom stereocenters. The lowest BCUT2D eigenvalue weighted by molar-refractivity contribution is -0.159. The summed E-state index contributed by atoms with van der Waals surface area (Å²) in [7, 11) is 3.00. The van der Waals surface area contributed by atoms with Crippen LogP contribution >= 0.6 is 0 Å². The predicted molar refractivity (Wildman–Crippen MR) is 119 cm³/mol. The number of ether oxygens (including phenoxy) is 3. The van der Waals surface area contributed by atoms with E-state index in [1.54, 1.807) is 73.8 Å². The standard InChI is InChI=1S/C26H24O7/c1-31-17-13-11-16(12-14-17)26-21(15-7-4-3-5-8-15)20(24(28)29)23(27)25(26,30)22-18(32-2)9-6-10-19(22)33-26/h3-14,20-21,23,27,30H,1-2H3,(H,28,29). The monoisotopic (exact) mass is 448 g/mol. The zero-order chi connectivity index (χ0) is 23.4. The molecule has 2 aliphatic rings. The number of aliphatic hydroxyl groups excluding tert-OH is 1. The maximum absolute atomic E-state index is 12.5. The molecule has 5 rings (SSSR count). The van der Waals surface area contributed by atoms with Crippen LogP contribution in [0.25, 0.3) is 0 Å². The number of aliphatic hydroxyl groups is 2. The number of carboxylic acids is 1. The number of carbonyl (C=O) groups is 1. The van der Waals surface area contributed by atoms with Gasteiger partial charge in [-0.05, 0) is 35.4 Å². The number of rotatable bonds is 5. The van der Waals surface area contributed by atoms with Crippen molar-refractivity contribution in [2.24, 2.45) is 5.92 Å². The van der Waals surface area contributed by atoms with Gasteiger partial charge in [0, 0.05) is 5.92 Å². The average Bonchev–Trinajstić information content (AvgIpc) is 3.23. The van der Waals surface area contributed by atoms with Crippen molar-refractivity contribution in [1.29, 1.82) is 0 Å². The van der Waals surface area contributed by atoms with E-state index in [1.165, 1.54) is 7.11 Å². The second-order valence-electron chi connectivity index (χ2n) is 8.36. The van der Waals surface area contributed by atoms with Crippen LogP contribution in [-0.4, -0.2) is 41.6 Å². The van der Waals surface area contributed by atoms with Crippen LogP contribution < -0.4 is 14.2 Å². The van der Waals surface area contributed by atoms with Crippen LogP contribution in [0.15, 0.2) is 72.8 Å². The van der Waals surface area contributed by atoms with E-state index in [9.17, 15) is 20.1 Å². The average molecular weight is 448 g/mol. The van der Waals surface area contributed by atoms with Crippen molar-refractivity contribution >= 4 is 5.97 Å². The molecule has 0 aromatic heterocycles. The fourth-order valence-corrected chi connectivity index (χ4v) is 5.62.